The third-order valence-corrected chi connectivity index (χ3v) is 5.63. The number of nitrogens with one attached hydrogen (secondary N) is 2. The fourth-order valence-electron chi connectivity index (χ4n) is 2.36. The van der Waals surface area contributed by atoms with E-state index in [-0.39, 0.29) is 35.3 Å². The van der Waals surface area contributed by atoms with E-state index >= 15 is 0 Å². The van der Waals surface area contributed by atoms with Crippen molar-refractivity contribution in [1.29, 1.82) is 0 Å². The molecule has 0 spiro atoms. The summed E-state index contributed by atoms with van der Waals surface area (Å²) in [6, 6.07) is 7.21. The van der Waals surface area contributed by atoms with Gasteiger partial charge < -0.3 is 9.84 Å². The average molecular weight is 417 g/mol. The molecule has 0 aliphatic heterocycles. The quantitative estimate of drug-likeness (QED) is 0.686. The second-order valence-corrected chi connectivity index (χ2v) is 9.19. The highest BCUT2D eigenvalue weighted by molar-refractivity contribution is 7.89. The van der Waals surface area contributed by atoms with Gasteiger partial charge in [-0.05, 0) is 37.1 Å². The lowest BCUT2D eigenvalue weighted by molar-refractivity contribution is 0.371. The molecule has 1 unspecified atom stereocenters. The van der Waals surface area contributed by atoms with Crippen LogP contribution >= 0.6 is 12.4 Å². The van der Waals surface area contributed by atoms with E-state index < -0.39 is 10.0 Å². The first kappa shape index (κ1) is 23.6. The molecule has 1 aromatic carbocycles. The van der Waals surface area contributed by atoms with Crippen molar-refractivity contribution in [1.82, 2.24) is 20.2 Å². The highest BCUT2D eigenvalue weighted by Gasteiger charge is 2.18. The Morgan fingerprint density at radius 1 is 1.19 bits per heavy atom. The van der Waals surface area contributed by atoms with Crippen LogP contribution in [0.25, 0.3) is 0 Å². The van der Waals surface area contributed by atoms with E-state index in [9.17, 15) is 8.42 Å². The van der Waals surface area contributed by atoms with Crippen molar-refractivity contribution < 1.29 is 12.9 Å². The molecule has 0 saturated carbocycles. The van der Waals surface area contributed by atoms with E-state index in [0.29, 0.717) is 24.6 Å². The average Bonchev–Trinajstić information content (AvgIpc) is 3.01. The molecule has 0 aliphatic rings. The van der Waals surface area contributed by atoms with Gasteiger partial charge in [-0.1, -0.05) is 38.1 Å². The SMILES string of the molecule is CNC(C)Cc1noc(CCNS(=O)(=O)c2ccc(C(C)(C)C)cc2)n1.Cl. The molecule has 9 heteroatoms. The summed E-state index contributed by atoms with van der Waals surface area (Å²) in [7, 11) is -1.69. The van der Waals surface area contributed by atoms with Crippen LogP contribution in [0.5, 0.6) is 0 Å². The predicted molar refractivity (Wildman–Crippen MR) is 108 cm³/mol. The first-order valence-electron chi connectivity index (χ1n) is 8.71. The molecule has 0 fully saturated rings. The van der Waals surface area contributed by atoms with Gasteiger partial charge in [-0.25, -0.2) is 13.1 Å². The summed E-state index contributed by atoms with van der Waals surface area (Å²) in [5.74, 6) is 1.04. The molecule has 0 radical (unpaired) electrons. The Morgan fingerprint density at radius 3 is 2.37 bits per heavy atom. The standard InChI is InChI=1S/C18H28N4O3S.ClH/c1-13(19-5)12-16-21-17(25-22-16)10-11-20-26(23,24)15-8-6-14(7-9-15)18(2,3)4;/h6-9,13,19-20H,10-12H2,1-5H3;1H. The third-order valence-electron chi connectivity index (χ3n) is 4.15. The fraction of sp³-hybridized carbons (Fsp3) is 0.556. The lowest BCUT2D eigenvalue weighted by atomic mass is 9.87. The lowest BCUT2D eigenvalue weighted by Gasteiger charge is -2.19. The van der Waals surface area contributed by atoms with Crippen LogP contribution in [0.2, 0.25) is 0 Å². The Labute approximate surface area is 167 Å². The molecule has 0 amide bonds. The molecule has 2 aromatic rings. The number of hydrogen-bond acceptors (Lipinski definition) is 6. The second-order valence-electron chi connectivity index (χ2n) is 7.42. The summed E-state index contributed by atoms with van der Waals surface area (Å²) in [5.41, 5.74) is 1.07. The molecular formula is C18H29ClN4O3S. The van der Waals surface area contributed by atoms with E-state index in [1.54, 1.807) is 12.1 Å². The summed E-state index contributed by atoms with van der Waals surface area (Å²) in [4.78, 5) is 4.53. The molecule has 2 N–H and O–H groups in total. The summed E-state index contributed by atoms with van der Waals surface area (Å²) in [6.07, 6.45) is 1.01. The molecule has 0 saturated heterocycles. The zero-order valence-electron chi connectivity index (χ0n) is 16.4. The van der Waals surface area contributed by atoms with Crippen LogP contribution in [0.1, 0.15) is 45.0 Å². The van der Waals surface area contributed by atoms with Crippen molar-refractivity contribution in [3.05, 3.63) is 41.5 Å². The number of aromatic nitrogens is 2. The van der Waals surface area contributed by atoms with Gasteiger partial charge in [0.2, 0.25) is 15.9 Å². The largest absolute Gasteiger partial charge is 0.339 e. The number of nitrogens with zero attached hydrogens (tertiary/aromatic N) is 2. The first-order valence-corrected chi connectivity index (χ1v) is 10.2. The number of sulfonamides is 1. The van der Waals surface area contributed by atoms with Gasteiger partial charge in [0, 0.05) is 25.4 Å². The summed E-state index contributed by atoms with van der Waals surface area (Å²) in [5, 5.41) is 7.01. The van der Waals surface area contributed by atoms with Crippen LogP contribution in [0, 0.1) is 0 Å². The van der Waals surface area contributed by atoms with E-state index in [4.69, 9.17) is 4.52 Å². The van der Waals surface area contributed by atoms with Crippen molar-refractivity contribution in [2.24, 2.45) is 0 Å². The third kappa shape index (κ3) is 6.88. The van der Waals surface area contributed by atoms with E-state index in [0.717, 1.165) is 5.56 Å². The van der Waals surface area contributed by atoms with Crippen molar-refractivity contribution in [2.45, 2.75) is 56.9 Å². The number of benzene rings is 1. The highest BCUT2D eigenvalue weighted by Crippen LogP contribution is 2.23. The monoisotopic (exact) mass is 416 g/mol. The van der Waals surface area contributed by atoms with Crippen molar-refractivity contribution in [3.8, 4) is 0 Å². The minimum atomic E-state index is -3.56. The maximum absolute atomic E-state index is 12.4. The van der Waals surface area contributed by atoms with E-state index in [1.165, 1.54) is 0 Å². The summed E-state index contributed by atoms with van der Waals surface area (Å²) in [6.45, 7) is 8.49. The number of hydrogen-bond donors (Lipinski definition) is 2. The van der Waals surface area contributed by atoms with Gasteiger partial charge in [-0.2, -0.15) is 4.98 Å². The van der Waals surface area contributed by atoms with Crippen LogP contribution < -0.4 is 10.0 Å². The lowest BCUT2D eigenvalue weighted by Crippen LogP contribution is -2.26. The van der Waals surface area contributed by atoms with Crippen molar-refractivity contribution in [2.75, 3.05) is 13.6 Å². The van der Waals surface area contributed by atoms with Crippen molar-refractivity contribution in [3.63, 3.8) is 0 Å². The van der Waals surface area contributed by atoms with Crippen LogP contribution in [0.15, 0.2) is 33.7 Å². The van der Waals surface area contributed by atoms with Crippen LogP contribution in [-0.2, 0) is 28.3 Å². The molecule has 0 bridgehead atoms. The maximum Gasteiger partial charge on any atom is 0.240 e. The van der Waals surface area contributed by atoms with Gasteiger partial charge in [-0.3, -0.25) is 0 Å². The van der Waals surface area contributed by atoms with Gasteiger partial charge in [-0.15, -0.1) is 12.4 Å². The molecule has 152 valence electrons. The summed E-state index contributed by atoms with van der Waals surface area (Å²) >= 11 is 0. The molecule has 7 nitrogen and oxygen atoms in total. The second kappa shape index (κ2) is 9.64. The minimum absolute atomic E-state index is 0. The van der Waals surface area contributed by atoms with E-state index in [2.05, 4.69) is 41.0 Å². The van der Waals surface area contributed by atoms with Gasteiger partial charge in [0.25, 0.3) is 0 Å². The topological polar surface area (TPSA) is 97.1 Å². The van der Waals surface area contributed by atoms with Gasteiger partial charge >= 0.3 is 0 Å². The molecule has 2 rings (SSSR count). The van der Waals surface area contributed by atoms with Crippen molar-refractivity contribution >= 4 is 22.4 Å². The predicted octanol–water partition coefficient (Wildman–Crippen LogP) is 2.46. The smallest absolute Gasteiger partial charge is 0.240 e. The number of likely N-dealkylation sites (N-methyl/N-ethyl adjacent to an activating group) is 1. The zero-order chi connectivity index (χ0) is 19.4. The van der Waals surface area contributed by atoms with Crippen LogP contribution in [0.4, 0.5) is 0 Å². The Kier molecular flexibility index (Phi) is 8.41. The normalized spacial score (nSPS) is 13.2. The Hall–Kier alpha value is -1.48. The molecule has 0 aliphatic carbocycles. The minimum Gasteiger partial charge on any atom is -0.339 e. The van der Waals surface area contributed by atoms with Gasteiger partial charge in [0.05, 0.1) is 4.90 Å². The Morgan fingerprint density at radius 2 is 1.81 bits per heavy atom. The Balaban J connectivity index is 0.00000364. The summed E-state index contributed by atoms with van der Waals surface area (Å²) < 4.78 is 32.5. The molecule has 27 heavy (non-hydrogen) atoms. The maximum atomic E-state index is 12.4. The number of rotatable bonds is 8. The Bertz CT molecular complexity index is 814. The van der Waals surface area contributed by atoms with Gasteiger partial charge in [0.15, 0.2) is 5.82 Å². The van der Waals surface area contributed by atoms with Crippen LogP contribution in [-0.4, -0.2) is 38.2 Å². The first-order chi connectivity index (χ1) is 12.1. The fourth-order valence-corrected chi connectivity index (χ4v) is 3.39. The number of halogens is 1. The van der Waals surface area contributed by atoms with Crippen LogP contribution in [0.3, 0.4) is 0 Å². The highest BCUT2D eigenvalue weighted by atomic mass is 35.5. The zero-order valence-corrected chi connectivity index (χ0v) is 18.1. The molecule has 1 atom stereocenters. The molecular weight excluding hydrogens is 388 g/mol. The van der Waals surface area contributed by atoms with Gasteiger partial charge in [0.1, 0.15) is 0 Å². The van der Waals surface area contributed by atoms with E-state index in [1.807, 2.05) is 26.1 Å². The molecule has 1 heterocycles. The molecule has 1 aromatic heterocycles.